The number of thiophene rings is 1. The van der Waals surface area contributed by atoms with Crippen molar-refractivity contribution >= 4 is 39.7 Å². The second kappa shape index (κ2) is 6.62. The fourth-order valence-electron chi connectivity index (χ4n) is 2.15. The van der Waals surface area contributed by atoms with Gasteiger partial charge in [-0.1, -0.05) is 6.92 Å². The summed E-state index contributed by atoms with van der Waals surface area (Å²) in [5, 5.41) is 0. The van der Waals surface area contributed by atoms with Gasteiger partial charge in [0, 0.05) is 13.1 Å². The molecule has 2 rings (SSSR count). The number of nitrogens with two attached hydrogens (primary N) is 1. The molecule has 0 radical (unpaired) electrons. The lowest BCUT2D eigenvalue weighted by molar-refractivity contribution is 0.0606. The van der Waals surface area contributed by atoms with Gasteiger partial charge in [0.2, 0.25) is 0 Å². The average molecular weight is 355 g/mol. The number of esters is 1. The lowest BCUT2D eigenvalue weighted by atomic mass is 9.90. The summed E-state index contributed by atoms with van der Waals surface area (Å²) in [6, 6.07) is 2.92. The Hall–Kier alpha value is -0.670. The van der Waals surface area contributed by atoms with Gasteiger partial charge in [0.15, 0.2) is 0 Å². The Morgan fingerprint density at radius 2 is 2.19 bits per heavy atom. The zero-order valence-corrected chi connectivity index (χ0v) is 14.3. The molecule has 0 spiro atoms. The number of hydrogen-bond donors (Lipinski definition) is 1. The van der Waals surface area contributed by atoms with Crippen molar-refractivity contribution in [1.82, 2.24) is 4.31 Å². The fraction of sp³-hybridized carbons (Fsp3) is 0.583. The van der Waals surface area contributed by atoms with Crippen LogP contribution >= 0.6 is 23.7 Å². The van der Waals surface area contributed by atoms with Crippen molar-refractivity contribution in [2.45, 2.75) is 17.6 Å². The molecule has 2 heterocycles. The van der Waals surface area contributed by atoms with E-state index in [0.29, 0.717) is 19.6 Å². The summed E-state index contributed by atoms with van der Waals surface area (Å²) in [5.41, 5.74) is 5.52. The molecule has 6 nitrogen and oxygen atoms in total. The number of hydrogen-bond acceptors (Lipinski definition) is 6. The zero-order valence-electron chi connectivity index (χ0n) is 11.9. The molecular formula is C12H19ClN2O4S2. The Kier molecular flexibility index (Phi) is 5.79. The maximum atomic E-state index is 12.5. The Balaban J connectivity index is 0.00000220. The first-order valence-electron chi connectivity index (χ1n) is 6.21. The van der Waals surface area contributed by atoms with E-state index in [1.807, 2.05) is 6.92 Å². The molecule has 1 aliphatic rings. The third-order valence-electron chi connectivity index (χ3n) is 3.58. The van der Waals surface area contributed by atoms with Gasteiger partial charge in [-0.2, -0.15) is 4.31 Å². The summed E-state index contributed by atoms with van der Waals surface area (Å²) < 4.78 is 31.2. The van der Waals surface area contributed by atoms with Crippen LogP contribution in [-0.2, 0) is 14.8 Å². The van der Waals surface area contributed by atoms with Crippen molar-refractivity contribution in [3.63, 3.8) is 0 Å². The fourth-order valence-corrected chi connectivity index (χ4v) is 5.12. The van der Waals surface area contributed by atoms with Crippen LogP contribution in [0.1, 0.15) is 23.0 Å². The molecule has 120 valence electrons. The van der Waals surface area contributed by atoms with E-state index in [-0.39, 0.29) is 26.9 Å². The number of ether oxygens (including phenoxy) is 1. The van der Waals surface area contributed by atoms with E-state index in [1.54, 1.807) is 0 Å². The first-order chi connectivity index (χ1) is 9.32. The predicted octanol–water partition coefficient (Wildman–Crippen LogP) is 1.32. The van der Waals surface area contributed by atoms with Crippen molar-refractivity contribution in [3.05, 3.63) is 17.0 Å². The largest absolute Gasteiger partial charge is 0.465 e. The molecule has 1 aliphatic heterocycles. The topological polar surface area (TPSA) is 89.7 Å². The standard InChI is InChI=1S/C12H18N2O4S2.ClH/c1-12(7-13)5-6-14(8-12)20(16,17)10-4-3-9(19-10)11(15)18-2;/h3-4H,5-8,13H2,1-2H3;1H. The normalized spacial score (nSPS) is 22.8. The summed E-state index contributed by atoms with van der Waals surface area (Å²) >= 11 is 0.932. The Labute approximate surface area is 134 Å². The second-order valence-corrected chi connectivity index (χ2v) is 8.46. The minimum absolute atomic E-state index is 0. The zero-order chi connectivity index (χ0) is 15.0. The van der Waals surface area contributed by atoms with Crippen molar-refractivity contribution in [3.8, 4) is 0 Å². The van der Waals surface area contributed by atoms with Crippen LogP contribution in [0, 0.1) is 5.41 Å². The molecule has 1 unspecified atom stereocenters. The molecule has 2 N–H and O–H groups in total. The number of nitrogens with zero attached hydrogens (tertiary/aromatic N) is 1. The number of carbonyl (C=O) groups is 1. The van der Waals surface area contributed by atoms with Crippen molar-refractivity contribution in [2.75, 3.05) is 26.7 Å². The Morgan fingerprint density at radius 3 is 2.71 bits per heavy atom. The molecule has 1 fully saturated rings. The van der Waals surface area contributed by atoms with Gasteiger partial charge in [0.25, 0.3) is 10.0 Å². The van der Waals surface area contributed by atoms with Crippen LogP contribution in [0.3, 0.4) is 0 Å². The van der Waals surface area contributed by atoms with Gasteiger partial charge in [0.05, 0.1) is 7.11 Å². The highest BCUT2D eigenvalue weighted by Crippen LogP contribution is 2.34. The minimum atomic E-state index is -3.55. The molecule has 0 aromatic carbocycles. The Morgan fingerprint density at radius 1 is 1.52 bits per heavy atom. The SMILES string of the molecule is COC(=O)c1ccc(S(=O)(=O)N2CCC(C)(CN)C2)s1.Cl. The van der Waals surface area contributed by atoms with Gasteiger partial charge in [-0.15, -0.1) is 23.7 Å². The van der Waals surface area contributed by atoms with Gasteiger partial charge in [-0.05, 0) is 30.5 Å². The van der Waals surface area contributed by atoms with Gasteiger partial charge in [-0.3, -0.25) is 0 Å². The molecule has 1 atom stereocenters. The summed E-state index contributed by atoms with van der Waals surface area (Å²) in [6.07, 6.45) is 0.748. The van der Waals surface area contributed by atoms with Gasteiger partial charge in [0.1, 0.15) is 9.09 Å². The summed E-state index contributed by atoms with van der Waals surface area (Å²) in [6.45, 7) is 3.31. The maximum absolute atomic E-state index is 12.5. The second-order valence-electron chi connectivity index (χ2n) is 5.21. The smallest absolute Gasteiger partial charge is 0.348 e. The van der Waals surface area contributed by atoms with E-state index >= 15 is 0 Å². The molecule has 1 saturated heterocycles. The Bertz CT molecular complexity index is 617. The van der Waals surface area contributed by atoms with Crippen LogP contribution in [0.15, 0.2) is 16.3 Å². The number of halogens is 1. The summed E-state index contributed by atoms with van der Waals surface area (Å²) in [4.78, 5) is 11.7. The molecule has 1 aromatic rings. The molecule has 21 heavy (non-hydrogen) atoms. The molecule has 9 heteroatoms. The minimum Gasteiger partial charge on any atom is -0.465 e. The van der Waals surface area contributed by atoms with Crippen molar-refractivity contribution < 1.29 is 17.9 Å². The van der Waals surface area contributed by atoms with Crippen molar-refractivity contribution in [1.29, 1.82) is 0 Å². The van der Waals surface area contributed by atoms with Gasteiger partial charge < -0.3 is 10.5 Å². The highest BCUT2D eigenvalue weighted by molar-refractivity contribution is 7.91. The third kappa shape index (κ3) is 3.57. The summed E-state index contributed by atoms with van der Waals surface area (Å²) in [7, 11) is -2.28. The number of methoxy groups -OCH3 is 1. The van der Waals surface area contributed by atoms with Gasteiger partial charge >= 0.3 is 5.97 Å². The van der Waals surface area contributed by atoms with E-state index in [4.69, 9.17) is 5.73 Å². The first-order valence-corrected chi connectivity index (χ1v) is 8.46. The number of rotatable bonds is 4. The molecule has 0 aliphatic carbocycles. The molecule has 0 bridgehead atoms. The van der Waals surface area contributed by atoms with E-state index in [9.17, 15) is 13.2 Å². The average Bonchev–Trinajstić information content (AvgIpc) is 3.05. The monoisotopic (exact) mass is 354 g/mol. The quantitative estimate of drug-likeness (QED) is 0.823. The predicted molar refractivity (Wildman–Crippen MR) is 83.4 cm³/mol. The maximum Gasteiger partial charge on any atom is 0.348 e. The van der Waals surface area contributed by atoms with Crippen LogP contribution in [0.5, 0.6) is 0 Å². The summed E-state index contributed by atoms with van der Waals surface area (Å²) in [5.74, 6) is -0.523. The van der Waals surface area contributed by atoms with Crippen LogP contribution in [0.2, 0.25) is 0 Å². The molecule has 0 amide bonds. The lowest BCUT2D eigenvalue weighted by Crippen LogP contribution is -2.34. The number of carbonyl (C=O) groups excluding carboxylic acids is 1. The highest BCUT2D eigenvalue weighted by atomic mass is 35.5. The van der Waals surface area contributed by atoms with Crippen LogP contribution in [0.4, 0.5) is 0 Å². The van der Waals surface area contributed by atoms with E-state index in [0.717, 1.165) is 17.8 Å². The highest BCUT2D eigenvalue weighted by Gasteiger charge is 2.39. The third-order valence-corrected chi connectivity index (χ3v) is 6.96. The van der Waals surface area contributed by atoms with Crippen LogP contribution in [-0.4, -0.2) is 45.4 Å². The first kappa shape index (κ1) is 18.4. The van der Waals surface area contributed by atoms with E-state index < -0.39 is 16.0 Å². The van der Waals surface area contributed by atoms with Gasteiger partial charge in [-0.25, -0.2) is 13.2 Å². The lowest BCUT2D eigenvalue weighted by Gasteiger charge is -2.21. The van der Waals surface area contributed by atoms with E-state index in [1.165, 1.54) is 23.5 Å². The molecule has 0 saturated carbocycles. The molecule has 1 aromatic heterocycles. The van der Waals surface area contributed by atoms with Crippen LogP contribution in [0.25, 0.3) is 0 Å². The number of sulfonamides is 1. The van der Waals surface area contributed by atoms with Crippen LogP contribution < -0.4 is 5.73 Å². The molecular weight excluding hydrogens is 336 g/mol. The van der Waals surface area contributed by atoms with E-state index in [2.05, 4.69) is 4.74 Å². The van der Waals surface area contributed by atoms with Crippen molar-refractivity contribution in [2.24, 2.45) is 11.1 Å².